The fourth-order valence-corrected chi connectivity index (χ4v) is 2.67. The maximum Gasteiger partial charge on any atom is 0.265 e. The van der Waals surface area contributed by atoms with E-state index in [2.05, 4.69) is 0 Å². The number of hydrogen-bond donors (Lipinski definition) is 1. The molecule has 0 aliphatic carbocycles. The number of benzene rings is 1. The summed E-state index contributed by atoms with van der Waals surface area (Å²) in [6, 6.07) is 3.46. The molecule has 0 saturated heterocycles. The van der Waals surface area contributed by atoms with Crippen molar-refractivity contribution in [2.24, 2.45) is 0 Å². The van der Waals surface area contributed by atoms with Crippen molar-refractivity contribution in [1.82, 2.24) is 0 Å². The van der Waals surface area contributed by atoms with Crippen molar-refractivity contribution in [1.29, 1.82) is 0 Å². The molecule has 2 N–H and O–H groups in total. The monoisotopic (exact) mass is 213 g/mol. The molecule has 0 saturated carbocycles. The van der Waals surface area contributed by atoms with E-state index in [-0.39, 0.29) is 5.56 Å². The van der Waals surface area contributed by atoms with Crippen molar-refractivity contribution < 1.29 is 8.78 Å². The quantitative estimate of drug-likeness (QED) is 0.717. The Morgan fingerprint density at radius 2 is 2.07 bits per heavy atom. The van der Waals surface area contributed by atoms with Gasteiger partial charge < -0.3 is 5.73 Å². The van der Waals surface area contributed by atoms with Crippen LogP contribution in [0.1, 0.15) is 17.6 Å². The molecule has 2 rings (SSSR count). The maximum atomic E-state index is 12.6. The molecule has 1 aromatic heterocycles. The van der Waals surface area contributed by atoms with Gasteiger partial charge in [-0.2, -0.15) is 0 Å². The van der Waals surface area contributed by atoms with Crippen LogP contribution in [-0.4, -0.2) is 0 Å². The summed E-state index contributed by atoms with van der Waals surface area (Å²) >= 11 is 1.31. The first-order valence-electron chi connectivity index (χ1n) is 4.15. The van der Waals surface area contributed by atoms with Crippen LogP contribution in [-0.2, 0) is 0 Å². The molecule has 0 spiro atoms. The molecule has 0 bridgehead atoms. The number of halogens is 2. The van der Waals surface area contributed by atoms with Gasteiger partial charge in [-0.05, 0) is 24.6 Å². The average Bonchev–Trinajstić information content (AvgIpc) is 2.47. The van der Waals surface area contributed by atoms with Crippen LogP contribution >= 0.6 is 11.3 Å². The first-order valence-corrected chi connectivity index (χ1v) is 5.03. The third-order valence-electron chi connectivity index (χ3n) is 2.16. The average molecular weight is 213 g/mol. The van der Waals surface area contributed by atoms with Crippen LogP contribution < -0.4 is 5.73 Å². The van der Waals surface area contributed by atoms with Crippen LogP contribution in [0.2, 0.25) is 0 Å². The van der Waals surface area contributed by atoms with Crippen molar-refractivity contribution in [2.75, 3.05) is 5.73 Å². The normalized spacial score (nSPS) is 11.4. The van der Waals surface area contributed by atoms with Gasteiger partial charge in [-0.15, -0.1) is 11.3 Å². The molecule has 0 amide bonds. The molecule has 0 aliphatic rings. The molecule has 0 radical (unpaired) electrons. The lowest BCUT2D eigenvalue weighted by Gasteiger charge is -2.02. The Hall–Kier alpha value is -1.16. The summed E-state index contributed by atoms with van der Waals surface area (Å²) < 4.78 is 26.0. The molecule has 0 fully saturated rings. The van der Waals surface area contributed by atoms with Crippen molar-refractivity contribution in [2.45, 2.75) is 13.3 Å². The van der Waals surface area contributed by atoms with Gasteiger partial charge >= 0.3 is 0 Å². The zero-order chi connectivity index (χ0) is 10.3. The largest absolute Gasteiger partial charge is 0.399 e. The van der Waals surface area contributed by atoms with E-state index >= 15 is 0 Å². The highest BCUT2D eigenvalue weighted by molar-refractivity contribution is 7.17. The molecule has 1 nitrogen and oxygen atoms in total. The van der Waals surface area contributed by atoms with Crippen LogP contribution in [0.3, 0.4) is 0 Å². The minimum absolute atomic E-state index is 0.113. The summed E-state index contributed by atoms with van der Waals surface area (Å²) in [5, 5.41) is 2.15. The number of thiophene rings is 1. The molecule has 0 atom stereocenters. The highest BCUT2D eigenvalue weighted by Gasteiger charge is 2.15. The molecule has 0 unspecified atom stereocenters. The number of fused-ring (bicyclic) bond motifs is 1. The summed E-state index contributed by atoms with van der Waals surface area (Å²) in [5.41, 5.74) is 7.18. The van der Waals surface area contributed by atoms with E-state index in [0.717, 1.165) is 10.3 Å². The molecular formula is C10H9F2NS. The van der Waals surface area contributed by atoms with Gasteiger partial charge in [-0.3, -0.25) is 0 Å². The van der Waals surface area contributed by atoms with Crippen LogP contribution in [0.5, 0.6) is 0 Å². The van der Waals surface area contributed by atoms with E-state index in [1.807, 2.05) is 0 Å². The number of hydrogen-bond acceptors (Lipinski definition) is 2. The SMILES string of the molecule is Cc1cc(N)cc2scc(C(F)F)c12. The van der Waals surface area contributed by atoms with Gasteiger partial charge in [-0.1, -0.05) is 0 Å². The summed E-state index contributed by atoms with van der Waals surface area (Å²) in [6.45, 7) is 1.80. The number of alkyl halides is 2. The second-order valence-electron chi connectivity index (χ2n) is 3.20. The van der Waals surface area contributed by atoms with Crippen molar-refractivity contribution >= 4 is 27.1 Å². The Labute approximate surface area is 84.2 Å². The molecule has 2 aromatic rings. The second kappa shape index (κ2) is 3.20. The second-order valence-corrected chi connectivity index (χ2v) is 4.11. The molecule has 14 heavy (non-hydrogen) atoms. The zero-order valence-corrected chi connectivity index (χ0v) is 8.37. The Morgan fingerprint density at radius 1 is 1.36 bits per heavy atom. The van der Waals surface area contributed by atoms with Crippen molar-refractivity contribution in [3.05, 3.63) is 28.6 Å². The third kappa shape index (κ3) is 1.35. The Morgan fingerprint density at radius 3 is 2.71 bits per heavy atom. The Bertz CT molecular complexity index is 476. The van der Waals surface area contributed by atoms with Crippen LogP contribution in [0.4, 0.5) is 14.5 Å². The van der Waals surface area contributed by atoms with E-state index in [9.17, 15) is 8.78 Å². The summed E-state index contributed by atoms with van der Waals surface area (Å²) in [6.07, 6.45) is -2.41. The standard InChI is InChI=1S/C10H9F2NS/c1-5-2-6(13)3-8-9(5)7(4-14-8)10(11)12/h2-4,10H,13H2,1H3. The first-order chi connectivity index (χ1) is 6.59. The van der Waals surface area contributed by atoms with E-state index in [1.165, 1.54) is 16.7 Å². The fraction of sp³-hybridized carbons (Fsp3) is 0.200. The van der Waals surface area contributed by atoms with Crippen molar-refractivity contribution in [3.8, 4) is 0 Å². The number of rotatable bonds is 1. The fourth-order valence-electron chi connectivity index (χ4n) is 1.59. The van der Waals surface area contributed by atoms with Gasteiger partial charge in [0.15, 0.2) is 0 Å². The van der Waals surface area contributed by atoms with Crippen LogP contribution in [0.25, 0.3) is 10.1 Å². The van der Waals surface area contributed by atoms with Gasteiger partial charge in [0, 0.05) is 26.7 Å². The predicted octanol–water partition coefficient (Wildman–Crippen LogP) is 3.73. The van der Waals surface area contributed by atoms with E-state index < -0.39 is 6.43 Å². The Balaban J connectivity index is 2.79. The van der Waals surface area contributed by atoms with E-state index in [4.69, 9.17) is 5.73 Å². The minimum atomic E-state index is -2.41. The van der Waals surface area contributed by atoms with Gasteiger partial charge in [0.25, 0.3) is 6.43 Å². The summed E-state index contributed by atoms with van der Waals surface area (Å²) in [5.74, 6) is 0. The predicted molar refractivity (Wildman–Crippen MR) is 55.9 cm³/mol. The molecule has 4 heteroatoms. The number of aryl methyl sites for hydroxylation is 1. The van der Waals surface area contributed by atoms with E-state index in [0.29, 0.717) is 11.1 Å². The molecular weight excluding hydrogens is 204 g/mol. The van der Waals surface area contributed by atoms with Crippen LogP contribution in [0.15, 0.2) is 17.5 Å². The molecule has 0 aliphatic heterocycles. The molecule has 74 valence electrons. The third-order valence-corrected chi connectivity index (χ3v) is 3.11. The van der Waals surface area contributed by atoms with Crippen molar-refractivity contribution in [3.63, 3.8) is 0 Å². The lowest BCUT2D eigenvalue weighted by Crippen LogP contribution is -1.88. The van der Waals surface area contributed by atoms with Gasteiger partial charge in [-0.25, -0.2) is 8.78 Å². The number of anilines is 1. The summed E-state index contributed by atoms with van der Waals surface area (Å²) in [7, 11) is 0. The molecule has 1 heterocycles. The lowest BCUT2D eigenvalue weighted by atomic mass is 10.1. The van der Waals surface area contributed by atoms with Gasteiger partial charge in [0.1, 0.15) is 0 Å². The van der Waals surface area contributed by atoms with Gasteiger partial charge in [0.2, 0.25) is 0 Å². The highest BCUT2D eigenvalue weighted by Crippen LogP contribution is 2.36. The minimum Gasteiger partial charge on any atom is -0.399 e. The molecule has 1 aromatic carbocycles. The van der Waals surface area contributed by atoms with Crippen LogP contribution in [0, 0.1) is 6.92 Å². The lowest BCUT2D eigenvalue weighted by molar-refractivity contribution is 0.153. The van der Waals surface area contributed by atoms with E-state index in [1.54, 1.807) is 19.1 Å². The smallest absolute Gasteiger partial charge is 0.265 e. The first kappa shape index (κ1) is 9.40. The highest BCUT2D eigenvalue weighted by atomic mass is 32.1. The maximum absolute atomic E-state index is 12.6. The zero-order valence-electron chi connectivity index (χ0n) is 7.55. The topological polar surface area (TPSA) is 26.0 Å². The Kier molecular flexibility index (Phi) is 2.15. The van der Waals surface area contributed by atoms with Gasteiger partial charge in [0.05, 0.1) is 0 Å². The summed E-state index contributed by atoms with van der Waals surface area (Å²) in [4.78, 5) is 0. The number of nitrogens with two attached hydrogens (primary N) is 1. The number of nitrogen functional groups attached to an aromatic ring is 1.